The van der Waals surface area contributed by atoms with Crippen LogP contribution in [-0.4, -0.2) is 44.5 Å². The van der Waals surface area contributed by atoms with Crippen molar-refractivity contribution in [2.75, 3.05) is 26.2 Å². The Morgan fingerprint density at radius 2 is 2.10 bits per heavy atom. The number of rotatable bonds is 6. The molecule has 118 valence electrons. The van der Waals surface area contributed by atoms with Crippen LogP contribution in [0.15, 0.2) is 27.8 Å². The monoisotopic (exact) mass is 375 g/mol. The van der Waals surface area contributed by atoms with Gasteiger partial charge in [-0.3, -0.25) is 4.98 Å². The number of likely N-dealkylation sites (tertiary alicyclic amines) is 1. The number of hydrogen-bond donors (Lipinski definition) is 1. The maximum atomic E-state index is 12.1. The standard InChI is InChI=1S/C14H22BrN3O2S/c1-12-3-7-18(8-4-12)6-2-5-17-21(19,20)14-9-13(15)10-16-11-14/h9-12,17H,2-8H2,1H3. The zero-order valence-corrected chi connectivity index (χ0v) is 14.7. The summed E-state index contributed by atoms with van der Waals surface area (Å²) in [7, 11) is -3.46. The summed E-state index contributed by atoms with van der Waals surface area (Å²) in [6.45, 7) is 5.96. The summed E-state index contributed by atoms with van der Waals surface area (Å²) >= 11 is 3.23. The summed E-state index contributed by atoms with van der Waals surface area (Å²) in [6, 6.07) is 1.56. The van der Waals surface area contributed by atoms with Crippen molar-refractivity contribution in [3.63, 3.8) is 0 Å². The highest BCUT2D eigenvalue weighted by Gasteiger charge is 2.16. The number of pyridine rings is 1. The second kappa shape index (κ2) is 7.67. The molecule has 0 amide bonds. The molecule has 1 aliphatic rings. The van der Waals surface area contributed by atoms with Crippen LogP contribution < -0.4 is 4.72 Å². The number of nitrogens with zero attached hydrogens (tertiary/aromatic N) is 2. The van der Waals surface area contributed by atoms with Crippen LogP contribution >= 0.6 is 15.9 Å². The van der Waals surface area contributed by atoms with Crippen molar-refractivity contribution < 1.29 is 8.42 Å². The summed E-state index contributed by atoms with van der Waals surface area (Å²) in [5.74, 6) is 0.823. The number of aromatic nitrogens is 1. The summed E-state index contributed by atoms with van der Waals surface area (Å²) in [6.07, 6.45) is 6.25. The van der Waals surface area contributed by atoms with Gasteiger partial charge in [-0.1, -0.05) is 6.92 Å². The van der Waals surface area contributed by atoms with E-state index in [-0.39, 0.29) is 4.90 Å². The first kappa shape index (κ1) is 16.9. The van der Waals surface area contributed by atoms with E-state index in [1.165, 1.54) is 19.0 Å². The topological polar surface area (TPSA) is 62.3 Å². The van der Waals surface area contributed by atoms with Crippen LogP contribution in [0.5, 0.6) is 0 Å². The molecule has 0 atom stereocenters. The Labute approximate surface area is 135 Å². The molecule has 21 heavy (non-hydrogen) atoms. The van der Waals surface area contributed by atoms with Gasteiger partial charge in [0.05, 0.1) is 0 Å². The van der Waals surface area contributed by atoms with Crippen LogP contribution in [0.1, 0.15) is 26.2 Å². The Balaban J connectivity index is 1.75. The molecule has 0 radical (unpaired) electrons. The highest BCUT2D eigenvalue weighted by Crippen LogP contribution is 2.16. The molecule has 0 spiro atoms. The van der Waals surface area contributed by atoms with Crippen molar-refractivity contribution in [3.8, 4) is 0 Å². The van der Waals surface area contributed by atoms with Gasteiger partial charge in [0.2, 0.25) is 10.0 Å². The van der Waals surface area contributed by atoms with Crippen molar-refractivity contribution >= 4 is 26.0 Å². The maximum absolute atomic E-state index is 12.1. The van der Waals surface area contributed by atoms with Gasteiger partial charge in [0.1, 0.15) is 4.90 Å². The zero-order valence-electron chi connectivity index (χ0n) is 12.3. The molecule has 0 unspecified atom stereocenters. The predicted molar refractivity (Wildman–Crippen MR) is 86.6 cm³/mol. The van der Waals surface area contributed by atoms with Gasteiger partial charge in [0, 0.05) is 23.4 Å². The molecule has 7 heteroatoms. The van der Waals surface area contributed by atoms with Crippen molar-refractivity contribution in [2.45, 2.75) is 31.1 Å². The molecule has 1 fully saturated rings. The Hall–Kier alpha value is -0.500. The Kier molecular flexibility index (Phi) is 6.16. The lowest BCUT2D eigenvalue weighted by molar-refractivity contribution is 0.191. The van der Waals surface area contributed by atoms with E-state index < -0.39 is 10.0 Å². The molecule has 0 saturated carbocycles. The van der Waals surface area contributed by atoms with E-state index >= 15 is 0 Å². The van der Waals surface area contributed by atoms with Gasteiger partial charge >= 0.3 is 0 Å². The molecule has 5 nitrogen and oxygen atoms in total. The average molecular weight is 376 g/mol. The number of hydrogen-bond acceptors (Lipinski definition) is 4. The third-order valence-electron chi connectivity index (χ3n) is 3.81. The fourth-order valence-electron chi connectivity index (χ4n) is 2.42. The largest absolute Gasteiger partial charge is 0.303 e. The Morgan fingerprint density at radius 3 is 2.76 bits per heavy atom. The minimum absolute atomic E-state index is 0.198. The highest BCUT2D eigenvalue weighted by molar-refractivity contribution is 9.10. The summed E-state index contributed by atoms with van der Waals surface area (Å²) in [5, 5.41) is 0. The lowest BCUT2D eigenvalue weighted by atomic mass is 9.99. The van der Waals surface area contributed by atoms with Crippen molar-refractivity contribution in [2.24, 2.45) is 5.92 Å². The van der Waals surface area contributed by atoms with E-state index in [1.807, 2.05) is 0 Å². The molecular weight excluding hydrogens is 354 g/mol. The SMILES string of the molecule is CC1CCN(CCCNS(=O)(=O)c2cncc(Br)c2)CC1. The van der Waals surface area contributed by atoms with Crippen molar-refractivity contribution in [1.82, 2.24) is 14.6 Å². The fourth-order valence-corrected chi connectivity index (χ4v) is 4.00. The zero-order chi connectivity index (χ0) is 15.3. The fraction of sp³-hybridized carbons (Fsp3) is 0.643. The first-order valence-corrected chi connectivity index (χ1v) is 9.57. The molecule has 2 rings (SSSR count). The van der Waals surface area contributed by atoms with Gasteiger partial charge in [0.15, 0.2) is 0 Å². The normalized spacial score (nSPS) is 18.0. The minimum atomic E-state index is -3.46. The Bertz CT molecular complexity index is 557. The third-order valence-corrected chi connectivity index (χ3v) is 5.67. The van der Waals surface area contributed by atoms with E-state index in [1.54, 1.807) is 12.3 Å². The molecule has 1 aliphatic heterocycles. The first-order chi connectivity index (χ1) is 9.97. The van der Waals surface area contributed by atoms with E-state index in [0.717, 1.165) is 32.0 Å². The third kappa shape index (κ3) is 5.32. The maximum Gasteiger partial charge on any atom is 0.242 e. The van der Waals surface area contributed by atoms with Gasteiger partial charge in [-0.05, 0) is 66.8 Å². The number of nitrogens with one attached hydrogen (secondary N) is 1. The molecule has 1 saturated heterocycles. The molecule has 0 aromatic carbocycles. The van der Waals surface area contributed by atoms with Crippen LogP contribution in [0.2, 0.25) is 0 Å². The number of sulfonamides is 1. The molecule has 1 N–H and O–H groups in total. The van der Waals surface area contributed by atoms with Gasteiger partial charge in [-0.2, -0.15) is 0 Å². The van der Waals surface area contributed by atoms with Crippen LogP contribution in [-0.2, 0) is 10.0 Å². The van der Waals surface area contributed by atoms with E-state index in [0.29, 0.717) is 11.0 Å². The van der Waals surface area contributed by atoms with Crippen LogP contribution in [0.25, 0.3) is 0 Å². The lowest BCUT2D eigenvalue weighted by Gasteiger charge is -2.30. The van der Waals surface area contributed by atoms with Crippen molar-refractivity contribution in [3.05, 3.63) is 22.9 Å². The van der Waals surface area contributed by atoms with Crippen molar-refractivity contribution in [1.29, 1.82) is 0 Å². The summed E-state index contributed by atoms with van der Waals surface area (Å²) < 4.78 is 27.5. The highest BCUT2D eigenvalue weighted by atomic mass is 79.9. The van der Waals surface area contributed by atoms with Gasteiger partial charge in [-0.15, -0.1) is 0 Å². The molecule has 0 bridgehead atoms. The van der Waals surface area contributed by atoms with Crippen LogP contribution in [0.4, 0.5) is 0 Å². The molecule has 1 aromatic heterocycles. The van der Waals surface area contributed by atoms with Gasteiger partial charge in [-0.25, -0.2) is 13.1 Å². The molecule has 1 aromatic rings. The molecule has 2 heterocycles. The van der Waals surface area contributed by atoms with Crippen LogP contribution in [0, 0.1) is 5.92 Å². The van der Waals surface area contributed by atoms with E-state index in [9.17, 15) is 8.42 Å². The quantitative estimate of drug-likeness (QED) is 0.774. The second-order valence-electron chi connectivity index (χ2n) is 5.61. The van der Waals surface area contributed by atoms with Gasteiger partial charge < -0.3 is 4.90 Å². The lowest BCUT2D eigenvalue weighted by Crippen LogP contribution is -2.35. The summed E-state index contributed by atoms with van der Waals surface area (Å²) in [4.78, 5) is 6.49. The van der Waals surface area contributed by atoms with Gasteiger partial charge in [0.25, 0.3) is 0 Å². The van der Waals surface area contributed by atoms with E-state index in [2.05, 4.69) is 37.5 Å². The van der Waals surface area contributed by atoms with Crippen LogP contribution in [0.3, 0.4) is 0 Å². The number of piperidine rings is 1. The molecular formula is C14H22BrN3O2S. The summed E-state index contributed by atoms with van der Waals surface area (Å²) in [5.41, 5.74) is 0. The smallest absolute Gasteiger partial charge is 0.242 e. The molecule has 0 aliphatic carbocycles. The van der Waals surface area contributed by atoms with E-state index in [4.69, 9.17) is 0 Å². The average Bonchev–Trinajstić information content (AvgIpc) is 2.45. The Morgan fingerprint density at radius 1 is 1.38 bits per heavy atom. The minimum Gasteiger partial charge on any atom is -0.303 e. The number of halogens is 1. The second-order valence-corrected chi connectivity index (χ2v) is 8.30. The predicted octanol–water partition coefficient (Wildman–Crippen LogP) is 2.24. The first-order valence-electron chi connectivity index (χ1n) is 7.30.